The molecule has 3 nitrogen and oxygen atoms in total. The molecule has 2 heterocycles. The van der Waals surface area contributed by atoms with Gasteiger partial charge >= 0.3 is 0 Å². The molecule has 2 aromatic rings. The lowest BCUT2D eigenvalue weighted by Gasteiger charge is -2.20. The van der Waals surface area contributed by atoms with Crippen LogP contribution in [0.4, 0.5) is 0 Å². The van der Waals surface area contributed by atoms with Gasteiger partial charge in [0, 0.05) is 12.1 Å². The maximum atomic E-state index is 6.33. The van der Waals surface area contributed by atoms with Crippen LogP contribution in [0, 0.1) is 0 Å². The Morgan fingerprint density at radius 3 is 2.75 bits per heavy atom. The van der Waals surface area contributed by atoms with Crippen LogP contribution >= 0.6 is 50.5 Å². The van der Waals surface area contributed by atoms with Gasteiger partial charge in [0.25, 0.3) is 0 Å². The van der Waals surface area contributed by atoms with Crippen molar-refractivity contribution >= 4 is 50.5 Å². The lowest BCUT2D eigenvalue weighted by Crippen LogP contribution is -2.26. The van der Waals surface area contributed by atoms with E-state index in [0.717, 1.165) is 39.6 Å². The topological polar surface area (TPSA) is 29.9 Å². The molecule has 0 aliphatic carbocycles. The summed E-state index contributed by atoms with van der Waals surface area (Å²) >= 11 is 17.4. The summed E-state index contributed by atoms with van der Waals surface area (Å²) in [4.78, 5) is 0. The maximum absolute atomic E-state index is 6.33. The van der Waals surface area contributed by atoms with E-state index in [2.05, 4.69) is 40.2 Å². The Labute approximate surface area is 141 Å². The summed E-state index contributed by atoms with van der Waals surface area (Å²) < 4.78 is 4.37. The molecule has 0 radical (unpaired) electrons. The van der Waals surface area contributed by atoms with Crippen molar-refractivity contribution in [2.24, 2.45) is 0 Å². The van der Waals surface area contributed by atoms with Gasteiger partial charge < -0.3 is 5.32 Å². The predicted molar refractivity (Wildman–Crippen MR) is 90.1 cm³/mol. The molecule has 0 saturated carbocycles. The number of halogens is 3. The van der Waals surface area contributed by atoms with E-state index in [-0.39, 0.29) is 6.04 Å². The van der Waals surface area contributed by atoms with Crippen LogP contribution in [-0.2, 0) is 6.54 Å². The summed E-state index contributed by atoms with van der Waals surface area (Å²) in [6.07, 6.45) is 2.87. The first-order valence-corrected chi connectivity index (χ1v) is 8.84. The minimum Gasteiger partial charge on any atom is -0.305 e. The Balaban J connectivity index is 2.46. The normalized spacial score (nSPS) is 12.8. The number of hydrogen-bond donors (Lipinski definition) is 1. The average Bonchev–Trinajstić information content (AvgIpc) is 2.94. The van der Waals surface area contributed by atoms with Crippen molar-refractivity contribution in [3.63, 3.8) is 0 Å². The first-order chi connectivity index (χ1) is 9.58. The summed E-state index contributed by atoms with van der Waals surface area (Å²) in [6, 6.07) is 1.92. The molecule has 110 valence electrons. The molecule has 2 rings (SSSR count). The van der Waals surface area contributed by atoms with Crippen molar-refractivity contribution in [1.82, 2.24) is 15.1 Å². The predicted octanol–water partition coefficient (Wildman–Crippen LogP) is 5.12. The highest BCUT2D eigenvalue weighted by molar-refractivity contribution is 9.10. The Morgan fingerprint density at radius 2 is 2.20 bits per heavy atom. The van der Waals surface area contributed by atoms with Crippen molar-refractivity contribution in [3.05, 3.63) is 36.7 Å². The molecule has 0 aromatic carbocycles. The number of hydrogen-bond acceptors (Lipinski definition) is 3. The summed E-state index contributed by atoms with van der Waals surface area (Å²) in [5, 5.41) is 7.91. The summed E-state index contributed by atoms with van der Waals surface area (Å²) in [7, 11) is 0. The first-order valence-electron chi connectivity index (χ1n) is 6.47. The highest BCUT2D eigenvalue weighted by atomic mass is 79.9. The second-order valence-corrected chi connectivity index (χ2v) is 7.50. The van der Waals surface area contributed by atoms with E-state index in [1.807, 2.05) is 16.9 Å². The smallest absolute Gasteiger partial charge is 0.0996 e. The fourth-order valence-electron chi connectivity index (χ4n) is 2.10. The zero-order chi connectivity index (χ0) is 14.7. The van der Waals surface area contributed by atoms with E-state index >= 15 is 0 Å². The number of rotatable bonds is 6. The van der Waals surface area contributed by atoms with Gasteiger partial charge in [0.1, 0.15) is 0 Å². The van der Waals surface area contributed by atoms with Gasteiger partial charge in [-0.15, -0.1) is 11.3 Å². The molecule has 0 aliphatic rings. The van der Waals surface area contributed by atoms with Crippen LogP contribution in [-0.4, -0.2) is 16.3 Å². The molecule has 0 spiro atoms. The minimum absolute atomic E-state index is 0.0111. The molecule has 20 heavy (non-hydrogen) atoms. The molecular formula is C13H16BrCl2N3S. The second kappa shape index (κ2) is 7.27. The van der Waals surface area contributed by atoms with Crippen molar-refractivity contribution in [2.75, 3.05) is 6.54 Å². The van der Waals surface area contributed by atoms with Gasteiger partial charge in [-0.05, 0) is 41.9 Å². The third-order valence-corrected chi connectivity index (χ3v) is 5.13. The zero-order valence-electron chi connectivity index (χ0n) is 11.3. The van der Waals surface area contributed by atoms with E-state index in [4.69, 9.17) is 23.2 Å². The average molecular weight is 397 g/mol. The quantitative estimate of drug-likeness (QED) is 0.733. The van der Waals surface area contributed by atoms with Crippen molar-refractivity contribution in [1.29, 1.82) is 0 Å². The van der Waals surface area contributed by atoms with Crippen LogP contribution in [0.1, 0.15) is 37.6 Å². The van der Waals surface area contributed by atoms with Crippen LogP contribution in [0.15, 0.2) is 16.7 Å². The van der Waals surface area contributed by atoms with Crippen LogP contribution in [0.25, 0.3) is 0 Å². The number of nitrogens with zero attached hydrogens (tertiary/aromatic N) is 2. The number of nitrogens with one attached hydrogen (secondary N) is 1. The molecule has 0 aliphatic heterocycles. The Kier molecular flexibility index (Phi) is 5.93. The lowest BCUT2D eigenvalue weighted by atomic mass is 10.1. The van der Waals surface area contributed by atoms with Gasteiger partial charge in [-0.1, -0.05) is 30.1 Å². The van der Waals surface area contributed by atoms with Crippen molar-refractivity contribution in [2.45, 2.75) is 32.9 Å². The van der Waals surface area contributed by atoms with Gasteiger partial charge in [0.05, 0.1) is 31.1 Å². The largest absolute Gasteiger partial charge is 0.305 e. The molecule has 1 atom stereocenters. The maximum Gasteiger partial charge on any atom is 0.0996 e. The number of thiophene rings is 1. The third kappa shape index (κ3) is 3.39. The monoisotopic (exact) mass is 395 g/mol. The highest BCUT2D eigenvalue weighted by Gasteiger charge is 2.24. The number of aryl methyl sites for hydroxylation is 1. The number of aromatic nitrogens is 2. The molecule has 7 heteroatoms. The lowest BCUT2D eigenvalue weighted by molar-refractivity contribution is 0.529. The molecule has 0 saturated heterocycles. The minimum atomic E-state index is -0.0111. The van der Waals surface area contributed by atoms with E-state index < -0.39 is 0 Å². The molecule has 0 amide bonds. The fourth-order valence-corrected chi connectivity index (χ4v) is 4.16. The zero-order valence-corrected chi connectivity index (χ0v) is 15.2. The Bertz CT molecular complexity index is 582. The van der Waals surface area contributed by atoms with Crippen molar-refractivity contribution < 1.29 is 0 Å². The highest BCUT2D eigenvalue weighted by Crippen LogP contribution is 2.39. The van der Waals surface area contributed by atoms with E-state index in [1.165, 1.54) is 11.3 Å². The molecule has 1 N–H and O–H groups in total. The Hall–Kier alpha value is -0.0700. The van der Waals surface area contributed by atoms with Crippen molar-refractivity contribution in [3.8, 4) is 0 Å². The third-order valence-electron chi connectivity index (χ3n) is 3.00. The van der Waals surface area contributed by atoms with Crippen LogP contribution < -0.4 is 5.32 Å². The molecule has 1 unspecified atom stereocenters. The summed E-state index contributed by atoms with van der Waals surface area (Å²) in [5.41, 5.74) is 2.09. The van der Waals surface area contributed by atoms with Gasteiger partial charge in [-0.3, -0.25) is 4.68 Å². The molecular weight excluding hydrogens is 381 g/mol. The second-order valence-electron chi connectivity index (χ2n) is 4.36. The van der Waals surface area contributed by atoms with Gasteiger partial charge in [0.2, 0.25) is 0 Å². The van der Waals surface area contributed by atoms with E-state index in [9.17, 15) is 0 Å². The van der Waals surface area contributed by atoms with Gasteiger partial charge in [-0.2, -0.15) is 5.10 Å². The Morgan fingerprint density at radius 1 is 1.45 bits per heavy atom. The summed E-state index contributed by atoms with van der Waals surface area (Å²) in [6.45, 7) is 5.91. The van der Waals surface area contributed by atoms with Crippen LogP contribution in [0.3, 0.4) is 0 Å². The molecule has 2 aromatic heterocycles. The van der Waals surface area contributed by atoms with E-state index in [1.54, 1.807) is 0 Å². The van der Waals surface area contributed by atoms with Crippen LogP contribution in [0.2, 0.25) is 8.67 Å². The standard InChI is InChI=1S/C13H16BrCl2N3S/c1-3-5-17-11(8-6-10(15)20-13(8)16)12-9(14)7-18-19(12)4-2/h6-7,11,17H,3-5H2,1-2H3. The van der Waals surface area contributed by atoms with Gasteiger partial charge in [-0.25, -0.2) is 0 Å². The van der Waals surface area contributed by atoms with E-state index in [0.29, 0.717) is 4.34 Å². The fraction of sp³-hybridized carbons (Fsp3) is 0.462. The van der Waals surface area contributed by atoms with Crippen LogP contribution in [0.5, 0.6) is 0 Å². The SMILES string of the molecule is CCCNC(c1cc(Cl)sc1Cl)c1c(Br)cnn1CC. The molecule has 0 fully saturated rings. The first kappa shape index (κ1) is 16.3. The summed E-state index contributed by atoms with van der Waals surface area (Å²) in [5.74, 6) is 0. The van der Waals surface area contributed by atoms with Gasteiger partial charge in [0.15, 0.2) is 0 Å². The molecule has 0 bridgehead atoms.